The van der Waals surface area contributed by atoms with Gasteiger partial charge in [0.1, 0.15) is 0 Å². The SMILES string of the molecule is CN1CCC(C(=O)Nc2ncc(-c3cnc4cnccc4c3)s2)CC1. The molecule has 1 fully saturated rings. The van der Waals surface area contributed by atoms with E-state index >= 15 is 0 Å². The summed E-state index contributed by atoms with van der Waals surface area (Å²) in [6.07, 6.45) is 8.93. The molecule has 4 heterocycles. The third kappa shape index (κ3) is 3.52. The summed E-state index contributed by atoms with van der Waals surface area (Å²) in [4.78, 5) is 28.5. The van der Waals surface area contributed by atoms with Crippen molar-refractivity contribution in [3.63, 3.8) is 0 Å². The van der Waals surface area contributed by atoms with Gasteiger partial charge in [-0.3, -0.25) is 14.8 Å². The van der Waals surface area contributed by atoms with Crippen LogP contribution in [0.3, 0.4) is 0 Å². The number of aromatic nitrogens is 3. The van der Waals surface area contributed by atoms with Crippen LogP contribution >= 0.6 is 11.3 Å². The quantitative estimate of drug-likeness (QED) is 0.784. The molecule has 7 heteroatoms. The van der Waals surface area contributed by atoms with Gasteiger partial charge in [-0.2, -0.15) is 0 Å². The molecule has 0 bridgehead atoms. The zero-order chi connectivity index (χ0) is 17.2. The lowest BCUT2D eigenvalue weighted by Crippen LogP contribution is -2.35. The minimum Gasteiger partial charge on any atom is -0.306 e. The third-order valence-electron chi connectivity index (χ3n) is 4.60. The van der Waals surface area contributed by atoms with Gasteiger partial charge < -0.3 is 10.2 Å². The molecule has 0 saturated carbocycles. The Labute approximate surface area is 149 Å². The smallest absolute Gasteiger partial charge is 0.229 e. The second-order valence-corrected chi connectivity index (χ2v) is 7.42. The maximum atomic E-state index is 12.4. The molecule has 1 aliphatic heterocycles. The number of piperidine rings is 1. The lowest BCUT2D eigenvalue weighted by atomic mass is 9.96. The van der Waals surface area contributed by atoms with Gasteiger partial charge in [0.15, 0.2) is 5.13 Å². The average molecular weight is 353 g/mol. The summed E-state index contributed by atoms with van der Waals surface area (Å²) in [7, 11) is 2.09. The summed E-state index contributed by atoms with van der Waals surface area (Å²) >= 11 is 1.48. The van der Waals surface area contributed by atoms with Crippen molar-refractivity contribution in [3.8, 4) is 10.4 Å². The number of nitrogens with zero attached hydrogens (tertiary/aromatic N) is 4. The molecule has 128 valence electrons. The highest BCUT2D eigenvalue weighted by Gasteiger charge is 2.24. The fourth-order valence-corrected chi connectivity index (χ4v) is 3.85. The predicted molar refractivity (Wildman–Crippen MR) is 99.5 cm³/mol. The summed E-state index contributed by atoms with van der Waals surface area (Å²) < 4.78 is 0. The number of hydrogen-bond acceptors (Lipinski definition) is 6. The number of anilines is 1. The van der Waals surface area contributed by atoms with Crippen LogP contribution in [0, 0.1) is 5.92 Å². The highest BCUT2D eigenvalue weighted by molar-refractivity contribution is 7.19. The van der Waals surface area contributed by atoms with Crippen molar-refractivity contribution in [2.24, 2.45) is 5.92 Å². The minimum atomic E-state index is 0.0803. The van der Waals surface area contributed by atoms with Crippen LogP contribution in [0.4, 0.5) is 5.13 Å². The van der Waals surface area contributed by atoms with Gasteiger partial charge in [-0.15, -0.1) is 0 Å². The summed E-state index contributed by atoms with van der Waals surface area (Å²) in [5.41, 5.74) is 1.86. The molecule has 0 aromatic carbocycles. The van der Waals surface area contributed by atoms with Crippen molar-refractivity contribution in [2.45, 2.75) is 12.8 Å². The Morgan fingerprint density at radius 1 is 1.24 bits per heavy atom. The molecule has 3 aromatic heterocycles. The molecule has 0 radical (unpaired) electrons. The number of hydrogen-bond donors (Lipinski definition) is 1. The van der Waals surface area contributed by atoms with Crippen LogP contribution in [0.2, 0.25) is 0 Å². The molecule has 1 N–H and O–H groups in total. The van der Waals surface area contributed by atoms with Gasteiger partial charge in [0.25, 0.3) is 0 Å². The highest BCUT2D eigenvalue weighted by atomic mass is 32.1. The lowest BCUT2D eigenvalue weighted by molar-refractivity contribution is -0.121. The molecule has 25 heavy (non-hydrogen) atoms. The molecule has 0 unspecified atom stereocenters. The van der Waals surface area contributed by atoms with Crippen molar-refractivity contribution >= 4 is 33.3 Å². The molecule has 4 rings (SSSR count). The Morgan fingerprint density at radius 3 is 2.92 bits per heavy atom. The first kappa shape index (κ1) is 16.1. The minimum absolute atomic E-state index is 0.0803. The van der Waals surface area contributed by atoms with Gasteiger partial charge in [-0.25, -0.2) is 4.98 Å². The zero-order valence-corrected chi connectivity index (χ0v) is 14.8. The molecular formula is C18H19N5OS. The van der Waals surface area contributed by atoms with Gasteiger partial charge in [0.05, 0.1) is 16.6 Å². The van der Waals surface area contributed by atoms with Crippen LogP contribution < -0.4 is 5.32 Å². The molecule has 1 saturated heterocycles. The second kappa shape index (κ2) is 6.85. The monoisotopic (exact) mass is 353 g/mol. The van der Waals surface area contributed by atoms with Gasteiger partial charge in [-0.1, -0.05) is 11.3 Å². The number of rotatable bonds is 3. The molecular weight excluding hydrogens is 334 g/mol. The van der Waals surface area contributed by atoms with E-state index in [2.05, 4.69) is 38.3 Å². The van der Waals surface area contributed by atoms with Crippen molar-refractivity contribution in [1.82, 2.24) is 19.9 Å². The van der Waals surface area contributed by atoms with Crippen LogP contribution in [0.15, 0.2) is 36.9 Å². The number of fused-ring (bicyclic) bond motifs is 1. The van der Waals surface area contributed by atoms with Crippen LogP contribution in [-0.4, -0.2) is 45.9 Å². The highest BCUT2D eigenvalue weighted by Crippen LogP contribution is 2.30. The van der Waals surface area contributed by atoms with E-state index in [-0.39, 0.29) is 11.8 Å². The van der Waals surface area contributed by atoms with Gasteiger partial charge >= 0.3 is 0 Å². The summed E-state index contributed by atoms with van der Waals surface area (Å²) in [6.45, 7) is 1.94. The third-order valence-corrected chi connectivity index (χ3v) is 5.56. The maximum absolute atomic E-state index is 12.4. The number of carbonyl (C=O) groups excluding carboxylic acids is 1. The Morgan fingerprint density at radius 2 is 2.08 bits per heavy atom. The van der Waals surface area contributed by atoms with Crippen LogP contribution in [0.25, 0.3) is 21.3 Å². The van der Waals surface area contributed by atoms with Crippen molar-refractivity contribution in [3.05, 3.63) is 36.9 Å². The Kier molecular flexibility index (Phi) is 4.42. The zero-order valence-electron chi connectivity index (χ0n) is 14.0. The topological polar surface area (TPSA) is 71.0 Å². The van der Waals surface area contributed by atoms with E-state index < -0.39 is 0 Å². The molecule has 1 amide bonds. The Bertz CT molecular complexity index is 901. The number of carbonyl (C=O) groups is 1. The first-order valence-corrected chi connectivity index (χ1v) is 9.16. The van der Waals surface area contributed by atoms with Crippen LogP contribution in [-0.2, 0) is 4.79 Å². The number of likely N-dealkylation sites (tertiary alicyclic amines) is 1. The van der Waals surface area contributed by atoms with Crippen LogP contribution in [0.1, 0.15) is 12.8 Å². The van der Waals surface area contributed by atoms with E-state index in [0.717, 1.165) is 47.3 Å². The first-order valence-electron chi connectivity index (χ1n) is 8.34. The van der Waals surface area contributed by atoms with Crippen LogP contribution in [0.5, 0.6) is 0 Å². The van der Waals surface area contributed by atoms with Gasteiger partial charge in [0.2, 0.25) is 5.91 Å². The molecule has 0 aliphatic carbocycles. The summed E-state index contributed by atoms with van der Waals surface area (Å²) in [5.74, 6) is 0.162. The molecule has 3 aromatic rings. The number of thiazole rings is 1. The average Bonchev–Trinajstić information content (AvgIpc) is 3.10. The molecule has 0 atom stereocenters. The fraction of sp³-hybridized carbons (Fsp3) is 0.333. The number of pyridine rings is 2. The Balaban J connectivity index is 1.48. The summed E-state index contributed by atoms with van der Waals surface area (Å²) in [5, 5.41) is 4.66. The van der Waals surface area contributed by atoms with Gasteiger partial charge in [0, 0.05) is 35.5 Å². The molecule has 0 spiro atoms. The lowest BCUT2D eigenvalue weighted by Gasteiger charge is -2.27. The normalized spacial score (nSPS) is 16.2. The fourth-order valence-electron chi connectivity index (χ4n) is 3.05. The molecule has 1 aliphatic rings. The first-order chi connectivity index (χ1) is 12.2. The predicted octanol–water partition coefficient (Wildman–Crippen LogP) is 3.03. The van der Waals surface area contributed by atoms with Gasteiger partial charge in [-0.05, 0) is 45.1 Å². The summed E-state index contributed by atoms with van der Waals surface area (Å²) in [6, 6.07) is 4.01. The van der Waals surface area contributed by atoms with E-state index in [9.17, 15) is 4.79 Å². The van der Waals surface area contributed by atoms with Crippen molar-refractivity contribution < 1.29 is 4.79 Å². The maximum Gasteiger partial charge on any atom is 0.229 e. The largest absolute Gasteiger partial charge is 0.306 e. The standard InChI is InChI=1S/C18H19N5OS/c1-23-6-3-12(4-7-23)17(24)22-18-21-11-16(25-18)14-8-13-2-5-19-10-15(13)20-9-14/h2,5,8-12H,3-4,6-7H2,1H3,(H,21,22,24). The van der Waals surface area contributed by atoms with E-state index in [4.69, 9.17) is 0 Å². The van der Waals surface area contributed by atoms with E-state index in [1.807, 2.05) is 12.3 Å². The van der Waals surface area contributed by atoms with Crippen molar-refractivity contribution in [1.29, 1.82) is 0 Å². The van der Waals surface area contributed by atoms with E-state index in [0.29, 0.717) is 5.13 Å². The van der Waals surface area contributed by atoms with Crippen molar-refractivity contribution in [2.75, 3.05) is 25.5 Å². The Hall–Kier alpha value is -2.38. The second-order valence-electron chi connectivity index (χ2n) is 6.39. The number of nitrogens with one attached hydrogen (secondary N) is 1. The van der Waals surface area contributed by atoms with E-state index in [1.54, 1.807) is 18.6 Å². The van der Waals surface area contributed by atoms with E-state index in [1.165, 1.54) is 11.3 Å². The molecule has 6 nitrogen and oxygen atoms in total. The number of amides is 1.